The first-order valence-corrected chi connectivity index (χ1v) is 7.15. The zero-order valence-electron chi connectivity index (χ0n) is 12.5. The fraction of sp³-hybridized carbons (Fsp3) is 0.562. The molecule has 0 bridgehead atoms. The van der Waals surface area contributed by atoms with Gasteiger partial charge in [0, 0.05) is 25.0 Å². The number of carbonyl (C=O) groups is 1. The zero-order valence-corrected chi connectivity index (χ0v) is 12.5. The first-order chi connectivity index (χ1) is 9.37. The molecule has 110 valence electrons. The van der Waals surface area contributed by atoms with Crippen LogP contribution in [-0.4, -0.2) is 35.7 Å². The fourth-order valence-electron chi connectivity index (χ4n) is 2.59. The predicted molar refractivity (Wildman–Crippen MR) is 79.6 cm³/mol. The van der Waals surface area contributed by atoms with Crippen molar-refractivity contribution in [3.05, 3.63) is 35.9 Å². The van der Waals surface area contributed by atoms with Crippen LogP contribution in [-0.2, 0) is 4.74 Å². The van der Waals surface area contributed by atoms with E-state index < -0.39 is 5.60 Å². The fourth-order valence-corrected chi connectivity index (χ4v) is 2.59. The number of carbonyl (C=O) groups excluding carboxylic acids is 1. The lowest BCUT2D eigenvalue weighted by atomic mass is 9.86. The molecule has 4 heteroatoms. The maximum Gasteiger partial charge on any atom is 0.410 e. The second-order valence-corrected chi connectivity index (χ2v) is 6.40. The second kappa shape index (κ2) is 5.83. The number of piperidine rings is 1. The van der Waals surface area contributed by atoms with E-state index >= 15 is 0 Å². The first-order valence-electron chi connectivity index (χ1n) is 7.15. The number of hydrogen-bond acceptors (Lipinski definition) is 3. The van der Waals surface area contributed by atoms with Gasteiger partial charge in [0.1, 0.15) is 5.60 Å². The van der Waals surface area contributed by atoms with E-state index in [4.69, 9.17) is 10.5 Å². The summed E-state index contributed by atoms with van der Waals surface area (Å²) in [6.45, 7) is 6.88. The lowest BCUT2D eigenvalue weighted by Crippen LogP contribution is -2.50. The van der Waals surface area contributed by atoms with Crippen LogP contribution in [0.4, 0.5) is 4.79 Å². The quantitative estimate of drug-likeness (QED) is 0.858. The molecular formula is C16H24N2O2. The van der Waals surface area contributed by atoms with E-state index in [1.54, 1.807) is 4.90 Å². The number of rotatable bonds is 1. The molecule has 1 amide bonds. The smallest absolute Gasteiger partial charge is 0.410 e. The lowest BCUT2D eigenvalue weighted by molar-refractivity contribution is 0.0186. The minimum absolute atomic E-state index is 0.0429. The Morgan fingerprint density at radius 1 is 1.30 bits per heavy atom. The average molecular weight is 276 g/mol. The van der Waals surface area contributed by atoms with Crippen molar-refractivity contribution in [1.82, 2.24) is 4.90 Å². The number of nitrogens with two attached hydrogens (primary N) is 1. The third kappa shape index (κ3) is 3.73. The first kappa shape index (κ1) is 14.9. The van der Waals surface area contributed by atoms with Crippen molar-refractivity contribution in [3.8, 4) is 0 Å². The van der Waals surface area contributed by atoms with Gasteiger partial charge in [0.2, 0.25) is 0 Å². The van der Waals surface area contributed by atoms with E-state index in [1.807, 2.05) is 39.0 Å². The third-order valence-electron chi connectivity index (χ3n) is 3.54. The molecule has 0 spiro atoms. The summed E-state index contributed by atoms with van der Waals surface area (Å²) in [7, 11) is 0. The number of nitrogens with zero attached hydrogens (tertiary/aromatic N) is 1. The summed E-state index contributed by atoms with van der Waals surface area (Å²) in [5.74, 6) is 0.315. The van der Waals surface area contributed by atoms with Crippen molar-refractivity contribution in [2.75, 3.05) is 13.1 Å². The number of amides is 1. The highest BCUT2D eigenvalue weighted by Gasteiger charge is 2.32. The molecular weight excluding hydrogens is 252 g/mol. The molecule has 0 aliphatic carbocycles. The van der Waals surface area contributed by atoms with Gasteiger partial charge in [-0.3, -0.25) is 0 Å². The average Bonchev–Trinajstić information content (AvgIpc) is 2.37. The highest BCUT2D eigenvalue weighted by molar-refractivity contribution is 5.68. The molecule has 1 fully saturated rings. The van der Waals surface area contributed by atoms with E-state index in [-0.39, 0.29) is 12.1 Å². The summed E-state index contributed by atoms with van der Waals surface area (Å²) in [5, 5.41) is 0. The summed E-state index contributed by atoms with van der Waals surface area (Å²) in [6, 6.07) is 10.2. The van der Waals surface area contributed by atoms with Gasteiger partial charge in [-0.1, -0.05) is 30.3 Å². The Morgan fingerprint density at radius 2 is 1.95 bits per heavy atom. The molecule has 0 aromatic heterocycles. The molecule has 1 aliphatic heterocycles. The standard InChI is InChI=1S/C16H24N2O2/c1-16(2,3)20-15(19)18-10-9-13(14(17)11-18)12-7-5-4-6-8-12/h4-8,13-14H,9-11,17H2,1-3H3. The van der Waals surface area contributed by atoms with Gasteiger partial charge in [-0.15, -0.1) is 0 Å². The van der Waals surface area contributed by atoms with Crippen molar-refractivity contribution in [1.29, 1.82) is 0 Å². The van der Waals surface area contributed by atoms with Crippen molar-refractivity contribution >= 4 is 6.09 Å². The van der Waals surface area contributed by atoms with E-state index in [2.05, 4.69) is 12.1 Å². The number of ether oxygens (including phenoxy) is 1. The molecule has 1 saturated heterocycles. The predicted octanol–water partition coefficient (Wildman–Crippen LogP) is 2.74. The molecule has 1 heterocycles. The Kier molecular flexibility index (Phi) is 4.33. The summed E-state index contributed by atoms with van der Waals surface area (Å²) < 4.78 is 5.40. The Labute approximate surface area is 120 Å². The normalized spacial score (nSPS) is 23.5. The molecule has 1 aromatic carbocycles. The summed E-state index contributed by atoms with van der Waals surface area (Å²) in [5.41, 5.74) is 7.05. The highest BCUT2D eigenvalue weighted by Crippen LogP contribution is 2.27. The number of benzene rings is 1. The van der Waals surface area contributed by atoms with Gasteiger partial charge in [-0.05, 0) is 32.8 Å². The Morgan fingerprint density at radius 3 is 2.50 bits per heavy atom. The SMILES string of the molecule is CC(C)(C)OC(=O)N1CCC(c2ccccc2)C(N)C1. The van der Waals surface area contributed by atoms with Gasteiger partial charge in [-0.25, -0.2) is 4.79 Å². The summed E-state index contributed by atoms with van der Waals surface area (Å²) in [4.78, 5) is 13.8. The van der Waals surface area contributed by atoms with Crippen LogP contribution in [0.2, 0.25) is 0 Å². The van der Waals surface area contributed by atoms with Gasteiger partial charge < -0.3 is 15.4 Å². The van der Waals surface area contributed by atoms with Crippen LogP contribution in [0.5, 0.6) is 0 Å². The number of hydrogen-bond donors (Lipinski definition) is 1. The molecule has 2 rings (SSSR count). The topological polar surface area (TPSA) is 55.6 Å². The molecule has 20 heavy (non-hydrogen) atoms. The van der Waals surface area contributed by atoms with E-state index in [0.717, 1.165) is 6.42 Å². The largest absolute Gasteiger partial charge is 0.444 e. The minimum Gasteiger partial charge on any atom is -0.444 e. The zero-order chi connectivity index (χ0) is 14.8. The molecule has 1 aromatic rings. The molecule has 2 N–H and O–H groups in total. The van der Waals surface area contributed by atoms with Crippen LogP contribution in [0.15, 0.2) is 30.3 Å². The van der Waals surface area contributed by atoms with E-state index in [0.29, 0.717) is 19.0 Å². The monoisotopic (exact) mass is 276 g/mol. The molecule has 1 aliphatic rings. The van der Waals surface area contributed by atoms with Gasteiger partial charge in [0.05, 0.1) is 0 Å². The second-order valence-electron chi connectivity index (χ2n) is 6.40. The number of likely N-dealkylation sites (tertiary alicyclic amines) is 1. The summed E-state index contributed by atoms with van der Waals surface area (Å²) in [6.07, 6.45) is 0.615. The van der Waals surface area contributed by atoms with Crippen molar-refractivity contribution in [2.24, 2.45) is 5.73 Å². The lowest BCUT2D eigenvalue weighted by Gasteiger charge is -2.37. The Hall–Kier alpha value is -1.55. The Balaban J connectivity index is 1.97. The van der Waals surface area contributed by atoms with E-state index in [1.165, 1.54) is 5.56 Å². The third-order valence-corrected chi connectivity index (χ3v) is 3.54. The van der Waals surface area contributed by atoms with Crippen LogP contribution in [0.1, 0.15) is 38.7 Å². The van der Waals surface area contributed by atoms with Crippen molar-refractivity contribution in [2.45, 2.75) is 44.8 Å². The van der Waals surface area contributed by atoms with Gasteiger partial charge in [0.25, 0.3) is 0 Å². The Bertz CT molecular complexity index is 453. The maximum atomic E-state index is 12.1. The van der Waals surface area contributed by atoms with Crippen LogP contribution in [0.3, 0.4) is 0 Å². The minimum atomic E-state index is -0.461. The molecule has 0 radical (unpaired) electrons. The molecule has 2 unspecified atom stereocenters. The maximum absolute atomic E-state index is 12.1. The molecule has 0 saturated carbocycles. The van der Waals surface area contributed by atoms with Crippen LogP contribution in [0.25, 0.3) is 0 Å². The summed E-state index contributed by atoms with van der Waals surface area (Å²) >= 11 is 0. The van der Waals surface area contributed by atoms with Gasteiger partial charge in [-0.2, -0.15) is 0 Å². The molecule has 2 atom stereocenters. The van der Waals surface area contributed by atoms with E-state index in [9.17, 15) is 4.79 Å². The molecule has 4 nitrogen and oxygen atoms in total. The van der Waals surface area contributed by atoms with Gasteiger partial charge >= 0.3 is 6.09 Å². The van der Waals surface area contributed by atoms with Crippen LogP contribution in [0, 0.1) is 0 Å². The van der Waals surface area contributed by atoms with Crippen LogP contribution < -0.4 is 5.73 Å². The van der Waals surface area contributed by atoms with Crippen molar-refractivity contribution in [3.63, 3.8) is 0 Å². The highest BCUT2D eigenvalue weighted by atomic mass is 16.6. The van der Waals surface area contributed by atoms with Crippen molar-refractivity contribution < 1.29 is 9.53 Å². The van der Waals surface area contributed by atoms with Crippen LogP contribution >= 0.6 is 0 Å². The van der Waals surface area contributed by atoms with Gasteiger partial charge in [0.15, 0.2) is 0 Å².